The maximum absolute atomic E-state index is 12.8. The van der Waals surface area contributed by atoms with Crippen LogP contribution in [0.1, 0.15) is 21.5 Å². The number of nitro benzene ring substituents is 1. The standard InChI is InChI=1S/C22H16N2O5/c1-12-9-17-19(10-13(12)2)29-20-11-14(7-8-16(20)21(17)25)23-22(26)15-5-3-4-6-18(15)24(27)28/h3-11H,1-2H3,(H,23,26). The number of para-hydroxylation sites is 1. The summed E-state index contributed by atoms with van der Waals surface area (Å²) in [5.41, 5.74) is 2.67. The van der Waals surface area contributed by atoms with Crippen LogP contribution in [0.4, 0.5) is 11.4 Å². The molecule has 0 aliphatic rings. The Kier molecular flexibility index (Phi) is 4.35. The molecule has 29 heavy (non-hydrogen) atoms. The first kappa shape index (κ1) is 18.4. The lowest BCUT2D eigenvalue weighted by atomic mass is 10.1. The minimum absolute atomic E-state index is 0.0522. The number of benzene rings is 3. The number of nitrogens with one attached hydrogen (secondary N) is 1. The smallest absolute Gasteiger partial charge is 0.282 e. The van der Waals surface area contributed by atoms with Crippen molar-refractivity contribution in [3.05, 3.63) is 91.6 Å². The Morgan fingerprint density at radius 3 is 2.41 bits per heavy atom. The van der Waals surface area contributed by atoms with Crippen LogP contribution in [0, 0.1) is 24.0 Å². The summed E-state index contributed by atoms with van der Waals surface area (Å²) in [6.07, 6.45) is 0. The Balaban J connectivity index is 1.77. The molecule has 144 valence electrons. The molecular formula is C22H16N2O5. The number of rotatable bonds is 3. The SMILES string of the molecule is Cc1cc2oc3cc(NC(=O)c4ccccc4[N+](=O)[O-])ccc3c(=O)c2cc1C. The summed E-state index contributed by atoms with van der Waals surface area (Å²) < 4.78 is 5.89. The van der Waals surface area contributed by atoms with E-state index in [4.69, 9.17) is 4.42 Å². The fourth-order valence-electron chi connectivity index (χ4n) is 3.21. The molecule has 0 spiro atoms. The zero-order valence-corrected chi connectivity index (χ0v) is 15.7. The third-order valence-electron chi connectivity index (χ3n) is 4.89. The van der Waals surface area contributed by atoms with Gasteiger partial charge < -0.3 is 9.73 Å². The molecule has 1 heterocycles. The van der Waals surface area contributed by atoms with E-state index in [2.05, 4.69) is 5.32 Å². The van der Waals surface area contributed by atoms with Crippen LogP contribution < -0.4 is 10.7 Å². The molecule has 3 aromatic carbocycles. The maximum atomic E-state index is 12.8. The van der Waals surface area contributed by atoms with Crippen LogP contribution in [0.5, 0.6) is 0 Å². The van der Waals surface area contributed by atoms with E-state index >= 15 is 0 Å². The van der Waals surface area contributed by atoms with E-state index in [9.17, 15) is 19.7 Å². The topological polar surface area (TPSA) is 102 Å². The highest BCUT2D eigenvalue weighted by atomic mass is 16.6. The van der Waals surface area contributed by atoms with Crippen molar-refractivity contribution in [1.29, 1.82) is 0 Å². The largest absolute Gasteiger partial charge is 0.456 e. The third-order valence-corrected chi connectivity index (χ3v) is 4.89. The fraction of sp³-hybridized carbons (Fsp3) is 0.0909. The van der Waals surface area contributed by atoms with E-state index in [-0.39, 0.29) is 16.7 Å². The second kappa shape index (κ2) is 6.87. The van der Waals surface area contributed by atoms with Gasteiger partial charge in [-0.2, -0.15) is 0 Å². The molecule has 0 bridgehead atoms. The number of carbonyl (C=O) groups is 1. The van der Waals surface area contributed by atoms with Crippen LogP contribution in [0.15, 0.2) is 63.8 Å². The first-order chi connectivity index (χ1) is 13.8. The quantitative estimate of drug-likeness (QED) is 0.311. The number of hydrogen-bond donors (Lipinski definition) is 1. The van der Waals surface area contributed by atoms with Gasteiger partial charge in [0, 0.05) is 17.8 Å². The van der Waals surface area contributed by atoms with Crippen LogP contribution in [0.25, 0.3) is 21.9 Å². The van der Waals surface area contributed by atoms with E-state index in [0.717, 1.165) is 11.1 Å². The first-order valence-corrected chi connectivity index (χ1v) is 8.88. The Bertz CT molecular complexity index is 1370. The summed E-state index contributed by atoms with van der Waals surface area (Å²) in [6, 6.07) is 14.0. The van der Waals surface area contributed by atoms with E-state index in [1.54, 1.807) is 24.3 Å². The number of fused-ring (bicyclic) bond motifs is 2. The van der Waals surface area contributed by atoms with Crippen molar-refractivity contribution >= 4 is 39.2 Å². The lowest BCUT2D eigenvalue weighted by Crippen LogP contribution is -2.14. The molecule has 1 amide bonds. The van der Waals surface area contributed by atoms with Crippen molar-refractivity contribution in [3.8, 4) is 0 Å². The molecule has 0 saturated heterocycles. The highest BCUT2D eigenvalue weighted by Gasteiger charge is 2.19. The van der Waals surface area contributed by atoms with Gasteiger partial charge in [-0.05, 0) is 55.3 Å². The summed E-state index contributed by atoms with van der Waals surface area (Å²) in [5, 5.41) is 14.7. The Morgan fingerprint density at radius 1 is 0.966 bits per heavy atom. The molecule has 0 radical (unpaired) electrons. The minimum Gasteiger partial charge on any atom is -0.456 e. The van der Waals surface area contributed by atoms with Gasteiger partial charge in [0.25, 0.3) is 11.6 Å². The van der Waals surface area contributed by atoms with E-state index in [1.165, 1.54) is 24.3 Å². The lowest BCUT2D eigenvalue weighted by Gasteiger charge is -2.08. The lowest BCUT2D eigenvalue weighted by molar-refractivity contribution is -0.385. The average molecular weight is 388 g/mol. The van der Waals surface area contributed by atoms with Crippen LogP contribution >= 0.6 is 0 Å². The number of nitro groups is 1. The van der Waals surface area contributed by atoms with Crippen LogP contribution in [-0.2, 0) is 0 Å². The second-order valence-corrected chi connectivity index (χ2v) is 6.80. The summed E-state index contributed by atoms with van der Waals surface area (Å²) in [6.45, 7) is 3.86. The van der Waals surface area contributed by atoms with Crippen molar-refractivity contribution in [2.24, 2.45) is 0 Å². The van der Waals surface area contributed by atoms with Crippen molar-refractivity contribution in [3.63, 3.8) is 0 Å². The van der Waals surface area contributed by atoms with Gasteiger partial charge in [-0.15, -0.1) is 0 Å². The molecule has 4 rings (SSSR count). The predicted octanol–water partition coefficient (Wildman–Crippen LogP) is 4.72. The zero-order valence-electron chi connectivity index (χ0n) is 15.7. The van der Waals surface area contributed by atoms with Gasteiger partial charge >= 0.3 is 0 Å². The predicted molar refractivity (Wildman–Crippen MR) is 111 cm³/mol. The molecular weight excluding hydrogens is 372 g/mol. The Hall–Kier alpha value is -4.00. The van der Waals surface area contributed by atoms with Crippen molar-refractivity contribution < 1.29 is 14.1 Å². The molecule has 0 aliphatic carbocycles. The van der Waals surface area contributed by atoms with Crippen molar-refractivity contribution in [1.82, 2.24) is 0 Å². The van der Waals surface area contributed by atoms with Gasteiger partial charge in [0.15, 0.2) is 0 Å². The fourth-order valence-corrected chi connectivity index (χ4v) is 3.21. The summed E-state index contributed by atoms with van der Waals surface area (Å²) >= 11 is 0. The number of aryl methyl sites for hydroxylation is 2. The third kappa shape index (κ3) is 3.23. The number of hydrogen-bond acceptors (Lipinski definition) is 5. The van der Waals surface area contributed by atoms with Gasteiger partial charge in [0.05, 0.1) is 15.7 Å². The number of nitrogens with zero attached hydrogens (tertiary/aromatic N) is 1. The highest BCUT2D eigenvalue weighted by Crippen LogP contribution is 2.25. The molecule has 0 fully saturated rings. The molecule has 0 unspecified atom stereocenters. The minimum atomic E-state index is -0.619. The van der Waals surface area contributed by atoms with Gasteiger partial charge in [-0.1, -0.05) is 12.1 Å². The van der Waals surface area contributed by atoms with Crippen molar-refractivity contribution in [2.75, 3.05) is 5.32 Å². The second-order valence-electron chi connectivity index (χ2n) is 6.80. The van der Waals surface area contributed by atoms with Crippen molar-refractivity contribution in [2.45, 2.75) is 13.8 Å². The zero-order chi connectivity index (χ0) is 20.7. The molecule has 1 N–H and O–H groups in total. The number of amides is 1. The normalized spacial score (nSPS) is 11.0. The molecule has 0 atom stereocenters. The van der Waals surface area contributed by atoms with Gasteiger partial charge in [0.2, 0.25) is 5.43 Å². The highest BCUT2D eigenvalue weighted by molar-refractivity contribution is 6.07. The molecule has 0 saturated carbocycles. The van der Waals surface area contributed by atoms with Crippen LogP contribution in [0.3, 0.4) is 0 Å². The molecule has 7 nitrogen and oxygen atoms in total. The Labute approximate surface area is 164 Å². The molecule has 7 heteroatoms. The first-order valence-electron chi connectivity index (χ1n) is 8.88. The van der Waals surface area contributed by atoms with E-state index in [0.29, 0.717) is 27.6 Å². The molecule has 4 aromatic rings. The molecule has 1 aromatic heterocycles. The van der Waals surface area contributed by atoms with Gasteiger partial charge in [0.1, 0.15) is 16.7 Å². The summed E-state index contributed by atoms with van der Waals surface area (Å²) in [7, 11) is 0. The van der Waals surface area contributed by atoms with Gasteiger partial charge in [-0.3, -0.25) is 19.7 Å². The van der Waals surface area contributed by atoms with Crippen LogP contribution in [0.2, 0.25) is 0 Å². The van der Waals surface area contributed by atoms with Crippen LogP contribution in [-0.4, -0.2) is 10.8 Å². The monoisotopic (exact) mass is 388 g/mol. The molecule has 0 aliphatic heterocycles. The van der Waals surface area contributed by atoms with Gasteiger partial charge in [-0.25, -0.2) is 0 Å². The average Bonchev–Trinajstić information content (AvgIpc) is 2.69. The van der Waals surface area contributed by atoms with E-state index in [1.807, 2.05) is 19.9 Å². The Morgan fingerprint density at radius 2 is 1.66 bits per heavy atom. The number of anilines is 1. The summed E-state index contributed by atoms with van der Waals surface area (Å²) in [5.74, 6) is -0.619. The number of carbonyl (C=O) groups excluding carboxylic acids is 1. The van der Waals surface area contributed by atoms with E-state index < -0.39 is 10.8 Å². The summed E-state index contributed by atoms with van der Waals surface area (Å²) in [4.78, 5) is 35.9. The maximum Gasteiger partial charge on any atom is 0.282 e.